The van der Waals surface area contributed by atoms with Gasteiger partial charge in [-0.05, 0) is 55.5 Å². The van der Waals surface area contributed by atoms with Gasteiger partial charge in [-0.1, -0.05) is 60.1 Å². The molecule has 0 heterocycles. The van der Waals surface area contributed by atoms with Gasteiger partial charge >= 0.3 is 0 Å². The van der Waals surface area contributed by atoms with Gasteiger partial charge in [0.1, 0.15) is 11.8 Å². The molecule has 0 radical (unpaired) electrons. The van der Waals surface area contributed by atoms with E-state index in [1.54, 1.807) is 4.90 Å². The van der Waals surface area contributed by atoms with E-state index in [0.717, 1.165) is 22.0 Å². The topological polar surface area (TPSA) is 58.6 Å². The van der Waals surface area contributed by atoms with Crippen molar-refractivity contribution in [1.82, 2.24) is 10.2 Å². The van der Waals surface area contributed by atoms with Crippen molar-refractivity contribution in [3.05, 3.63) is 64.1 Å². The molecule has 2 aromatic carbocycles. The Labute approximate surface area is 187 Å². The summed E-state index contributed by atoms with van der Waals surface area (Å²) in [6.07, 6.45) is 2.08. The zero-order valence-electron chi connectivity index (χ0n) is 18.0. The second kappa shape index (κ2) is 12.4. The molecule has 0 spiro atoms. The van der Waals surface area contributed by atoms with Crippen LogP contribution in [0.1, 0.15) is 37.8 Å². The fourth-order valence-electron chi connectivity index (χ4n) is 3.20. The Bertz CT molecular complexity index is 826. The number of aryl methyl sites for hydroxylation is 1. The molecule has 0 aromatic heterocycles. The molecule has 0 aliphatic heterocycles. The SMILES string of the molecule is CCCNC(=O)C(CC)N(CCc1ccccc1)C(=O)COc1ccc(Br)c(C)c1. The molecular formula is C24H31BrN2O3. The van der Waals surface area contributed by atoms with Crippen molar-refractivity contribution in [3.8, 4) is 5.75 Å². The van der Waals surface area contributed by atoms with Gasteiger partial charge in [0, 0.05) is 17.6 Å². The summed E-state index contributed by atoms with van der Waals surface area (Å²) < 4.78 is 6.74. The molecule has 5 nitrogen and oxygen atoms in total. The standard InChI is InChI=1S/C24H31BrN2O3/c1-4-14-26-24(29)22(5-2)27(15-13-19-9-7-6-8-10-19)23(28)17-30-20-11-12-21(25)18(3)16-20/h6-12,16,22H,4-5,13-15,17H2,1-3H3,(H,26,29). The molecule has 6 heteroatoms. The number of carbonyl (C=O) groups excluding carboxylic acids is 2. The molecule has 0 saturated heterocycles. The van der Waals surface area contributed by atoms with E-state index in [-0.39, 0.29) is 18.4 Å². The molecule has 1 N–H and O–H groups in total. The number of ether oxygens (including phenoxy) is 1. The lowest BCUT2D eigenvalue weighted by Gasteiger charge is -2.30. The molecule has 1 atom stereocenters. The highest BCUT2D eigenvalue weighted by Gasteiger charge is 2.28. The molecule has 0 fully saturated rings. The number of benzene rings is 2. The normalized spacial score (nSPS) is 11.6. The van der Waals surface area contributed by atoms with Crippen LogP contribution < -0.4 is 10.1 Å². The van der Waals surface area contributed by atoms with E-state index in [0.29, 0.717) is 31.7 Å². The van der Waals surface area contributed by atoms with Gasteiger partial charge in [0.05, 0.1) is 0 Å². The van der Waals surface area contributed by atoms with Crippen LogP contribution in [0, 0.1) is 6.92 Å². The first-order valence-corrected chi connectivity index (χ1v) is 11.3. The van der Waals surface area contributed by atoms with Crippen LogP contribution in [0.15, 0.2) is 53.0 Å². The third-order valence-corrected chi connectivity index (χ3v) is 5.80. The van der Waals surface area contributed by atoms with Crippen molar-refractivity contribution in [3.63, 3.8) is 0 Å². The Morgan fingerprint density at radius 3 is 2.50 bits per heavy atom. The third kappa shape index (κ3) is 7.17. The fourth-order valence-corrected chi connectivity index (χ4v) is 3.44. The molecule has 0 aliphatic carbocycles. The van der Waals surface area contributed by atoms with E-state index in [4.69, 9.17) is 4.74 Å². The van der Waals surface area contributed by atoms with E-state index in [2.05, 4.69) is 21.2 Å². The lowest BCUT2D eigenvalue weighted by atomic mass is 10.1. The summed E-state index contributed by atoms with van der Waals surface area (Å²) >= 11 is 3.47. The molecule has 0 aliphatic rings. The van der Waals surface area contributed by atoms with Gasteiger partial charge in [-0.3, -0.25) is 9.59 Å². The zero-order chi connectivity index (χ0) is 21.9. The van der Waals surface area contributed by atoms with Gasteiger partial charge in [0.2, 0.25) is 5.91 Å². The van der Waals surface area contributed by atoms with Crippen molar-refractivity contribution in [2.75, 3.05) is 19.7 Å². The van der Waals surface area contributed by atoms with Crippen molar-refractivity contribution in [1.29, 1.82) is 0 Å². The average Bonchev–Trinajstić information content (AvgIpc) is 2.76. The first-order chi connectivity index (χ1) is 14.5. The number of amides is 2. The Morgan fingerprint density at radius 2 is 1.87 bits per heavy atom. The van der Waals surface area contributed by atoms with E-state index in [9.17, 15) is 9.59 Å². The molecule has 162 valence electrons. The number of halogens is 1. The van der Waals surface area contributed by atoms with Crippen LogP contribution in [0.2, 0.25) is 0 Å². The van der Waals surface area contributed by atoms with Gasteiger partial charge in [0.15, 0.2) is 6.61 Å². The first kappa shape index (κ1) is 23.9. The average molecular weight is 475 g/mol. The number of nitrogens with one attached hydrogen (secondary N) is 1. The molecule has 0 saturated carbocycles. The summed E-state index contributed by atoms with van der Waals surface area (Å²) in [4.78, 5) is 27.4. The number of rotatable bonds is 11. The highest BCUT2D eigenvalue weighted by atomic mass is 79.9. The van der Waals surface area contributed by atoms with Gasteiger partial charge in [0.25, 0.3) is 5.91 Å². The maximum absolute atomic E-state index is 13.1. The quantitative estimate of drug-likeness (QED) is 0.520. The Kier molecular flexibility index (Phi) is 9.87. The van der Waals surface area contributed by atoms with Crippen molar-refractivity contribution >= 4 is 27.7 Å². The second-order valence-corrected chi connectivity index (χ2v) is 8.09. The Balaban J connectivity index is 2.11. The van der Waals surface area contributed by atoms with Crippen LogP contribution in [0.4, 0.5) is 0 Å². The van der Waals surface area contributed by atoms with E-state index < -0.39 is 6.04 Å². The smallest absolute Gasteiger partial charge is 0.261 e. The number of hydrogen-bond donors (Lipinski definition) is 1. The minimum absolute atomic E-state index is 0.104. The highest BCUT2D eigenvalue weighted by molar-refractivity contribution is 9.10. The molecule has 1 unspecified atom stereocenters. The zero-order valence-corrected chi connectivity index (χ0v) is 19.6. The van der Waals surface area contributed by atoms with Crippen LogP contribution in [-0.4, -0.2) is 42.5 Å². The van der Waals surface area contributed by atoms with Gasteiger partial charge < -0.3 is 15.0 Å². The fraction of sp³-hybridized carbons (Fsp3) is 0.417. The summed E-state index contributed by atoms with van der Waals surface area (Å²) in [6, 6.07) is 15.1. The van der Waals surface area contributed by atoms with Crippen LogP contribution in [0.25, 0.3) is 0 Å². The van der Waals surface area contributed by atoms with Crippen LogP contribution in [0.5, 0.6) is 5.75 Å². The molecule has 30 heavy (non-hydrogen) atoms. The molecule has 2 rings (SSSR count). The van der Waals surface area contributed by atoms with Crippen molar-refractivity contribution in [2.24, 2.45) is 0 Å². The second-order valence-electron chi connectivity index (χ2n) is 7.24. The number of carbonyl (C=O) groups is 2. The molecule has 0 bridgehead atoms. The summed E-state index contributed by atoms with van der Waals surface area (Å²) in [5.74, 6) is 0.334. The predicted molar refractivity (Wildman–Crippen MR) is 124 cm³/mol. The Hall–Kier alpha value is -2.34. The third-order valence-electron chi connectivity index (χ3n) is 4.91. The van der Waals surface area contributed by atoms with Crippen LogP contribution in [0.3, 0.4) is 0 Å². The van der Waals surface area contributed by atoms with Crippen molar-refractivity contribution in [2.45, 2.75) is 46.1 Å². The van der Waals surface area contributed by atoms with E-state index in [1.807, 2.05) is 69.3 Å². The largest absolute Gasteiger partial charge is 0.484 e. The lowest BCUT2D eigenvalue weighted by molar-refractivity contribution is -0.142. The highest BCUT2D eigenvalue weighted by Crippen LogP contribution is 2.21. The van der Waals surface area contributed by atoms with Crippen LogP contribution in [-0.2, 0) is 16.0 Å². The molecule has 2 amide bonds. The van der Waals surface area contributed by atoms with Crippen LogP contribution >= 0.6 is 15.9 Å². The van der Waals surface area contributed by atoms with E-state index >= 15 is 0 Å². The minimum Gasteiger partial charge on any atom is -0.484 e. The predicted octanol–water partition coefficient (Wildman–Crippen LogP) is 4.51. The van der Waals surface area contributed by atoms with Gasteiger partial charge in [-0.2, -0.15) is 0 Å². The summed E-state index contributed by atoms with van der Waals surface area (Å²) in [5, 5.41) is 2.93. The lowest BCUT2D eigenvalue weighted by Crippen LogP contribution is -2.51. The number of nitrogens with zero attached hydrogens (tertiary/aromatic N) is 1. The number of hydrogen-bond acceptors (Lipinski definition) is 3. The maximum Gasteiger partial charge on any atom is 0.261 e. The van der Waals surface area contributed by atoms with E-state index in [1.165, 1.54) is 0 Å². The van der Waals surface area contributed by atoms with Gasteiger partial charge in [-0.15, -0.1) is 0 Å². The summed E-state index contributed by atoms with van der Waals surface area (Å²) in [7, 11) is 0. The molecular weight excluding hydrogens is 444 g/mol. The molecule has 2 aromatic rings. The van der Waals surface area contributed by atoms with Gasteiger partial charge in [-0.25, -0.2) is 0 Å². The summed E-state index contributed by atoms with van der Waals surface area (Å²) in [6.45, 7) is 6.86. The van der Waals surface area contributed by atoms with Crippen molar-refractivity contribution < 1.29 is 14.3 Å². The maximum atomic E-state index is 13.1. The Morgan fingerprint density at radius 1 is 1.13 bits per heavy atom. The summed E-state index contributed by atoms with van der Waals surface area (Å²) in [5.41, 5.74) is 2.16. The first-order valence-electron chi connectivity index (χ1n) is 10.5. The minimum atomic E-state index is -0.511. The monoisotopic (exact) mass is 474 g/mol.